The minimum absolute atomic E-state index is 0.0296. The van der Waals surface area contributed by atoms with Gasteiger partial charge >= 0.3 is 0 Å². The number of hydrogen-bond acceptors (Lipinski definition) is 4. The third-order valence-corrected chi connectivity index (χ3v) is 3.34. The standard InChI is InChI=1S/C15H21N3O2/c1-11(8-10-19)16-15(20)13-3-5-14(6-4-13)18-9-7-12(2)17-18/h3-6,11,19H,7-10H2,1-2H3,(H,16,20). The number of hydrogen-bond donors (Lipinski definition) is 2. The molecule has 0 spiro atoms. The molecule has 0 aliphatic carbocycles. The van der Waals surface area contributed by atoms with Crippen LogP contribution in [0.3, 0.4) is 0 Å². The zero-order valence-electron chi connectivity index (χ0n) is 12.0. The molecule has 0 saturated carbocycles. The lowest BCUT2D eigenvalue weighted by atomic mass is 10.1. The van der Waals surface area contributed by atoms with Crippen LogP contribution in [0.2, 0.25) is 0 Å². The normalized spacial score (nSPS) is 15.9. The quantitative estimate of drug-likeness (QED) is 0.861. The van der Waals surface area contributed by atoms with E-state index in [-0.39, 0.29) is 18.6 Å². The first-order valence-electron chi connectivity index (χ1n) is 6.93. The monoisotopic (exact) mass is 275 g/mol. The van der Waals surface area contributed by atoms with Crippen molar-refractivity contribution in [2.24, 2.45) is 5.10 Å². The molecule has 1 unspecified atom stereocenters. The van der Waals surface area contributed by atoms with E-state index in [1.807, 2.05) is 31.0 Å². The molecule has 1 aromatic carbocycles. The van der Waals surface area contributed by atoms with Crippen LogP contribution in [-0.2, 0) is 0 Å². The average molecular weight is 275 g/mol. The lowest BCUT2D eigenvalue weighted by Gasteiger charge is -2.15. The Morgan fingerprint density at radius 3 is 2.70 bits per heavy atom. The average Bonchev–Trinajstić information content (AvgIpc) is 2.86. The molecular formula is C15H21N3O2. The van der Waals surface area contributed by atoms with Crippen molar-refractivity contribution in [3.63, 3.8) is 0 Å². The summed E-state index contributed by atoms with van der Waals surface area (Å²) in [5.41, 5.74) is 2.75. The Bertz CT molecular complexity index is 496. The third kappa shape index (κ3) is 3.57. The van der Waals surface area contributed by atoms with E-state index in [9.17, 15) is 4.79 Å². The molecule has 2 N–H and O–H groups in total. The molecule has 1 heterocycles. The first-order chi connectivity index (χ1) is 9.60. The molecule has 0 radical (unpaired) electrons. The van der Waals surface area contributed by atoms with E-state index < -0.39 is 0 Å². The van der Waals surface area contributed by atoms with Crippen molar-refractivity contribution >= 4 is 17.3 Å². The minimum atomic E-state index is -0.112. The SMILES string of the molecule is CC1=NN(c2ccc(C(=O)NC(C)CCO)cc2)CC1. The fourth-order valence-corrected chi connectivity index (χ4v) is 2.12. The van der Waals surface area contributed by atoms with Crippen LogP contribution in [0, 0.1) is 0 Å². The summed E-state index contributed by atoms with van der Waals surface area (Å²) in [7, 11) is 0. The second kappa shape index (κ2) is 6.52. The summed E-state index contributed by atoms with van der Waals surface area (Å²) in [6, 6.07) is 7.40. The van der Waals surface area contributed by atoms with Crippen LogP contribution in [-0.4, -0.2) is 35.9 Å². The molecule has 1 aliphatic rings. The lowest BCUT2D eigenvalue weighted by Crippen LogP contribution is -2.33. The van der Waals surface area contributed by atoms with Gasteiger partial charge in [0.25, 0.3) is 5.91 Å². The lowest BCUT2D eigenvalue weighted by molar-refractivity contribution is 0.0934. The summed E-state index contributed by atoms with van der Waals surface area (Å²) in [5.74, 6) is -0.112. The molecule has 0 aromatic heterocycles. The van der Waals surface area contributed by atoms with E-state index in [2.05, 4.69) is 10.4 Å². The zero-order valence-corrected chi connectivity index (χ0v) is 12.0. The predicted octanol–water partition coefficient (Wildman–Crippen LogP) is 1.77. The number of nitrogens with zero attached hydrogens (tertiary/aromatic N) is 2. The van der Waals surface area contributed by atoms with Gasteiger partial charge in [-0.15, -0.1) is 0 Å². The van der Waals surface area contributed by atoms with Gasteiger partial charge in [0.1, 0.15) is 0 Å². The Balaban J connectivity index is 1.99. The topological polar surface area (TPSA) is 64.9 Å². The predicted molar refractivity (Wildman–Crippen MR) is 80.1 cm³/mol. The van der Waals surface area contributed by atoms with Crippen molar-refractivity contribution in [1.82, 2.24) is 5.32 Å². The first-order valence-corrected chi connectivity index (χ1v) is 6.93. The van der Waals surface area contributed by atoms with Crippen molar-refractivity contribution in [3.8, 4) is 0 Å². The molecule has 0 saturated heterocycles. The van der Waals surface area contributed by atoms with Gasteiger partial charge in [-0.25, -0.2) is 0 Å². The van der Waals surface area contributed by atoms with E-state index in [1.165, 1.54) is 0 Å². The number of rotatable bonds is 5. The maximum Gasteiger partial charge on any atom is 0.251 e. The fraction of sp³-hybridized carbons (Fsp3) is 0.467. The van der Waals surface area contributed by atoms with Gasteiger partial charge in [0.05, 0.1) is 5.69 Å². The number of aliphatic hydroxyl groups excluding tert-OH is 1. The number of carbonyl (C=O) groups excluding carboxylic acids is 1. The van der Waals surface area contributed by atoms with E-state index in [0.29, 0.717) is 12.0 Å². The van der Waals surface area contributed by atoms with Gasteiger partial charge in [-0.3, -0.25) is 9.80 Å². The van der Waals surface area contributed by atoms with Crippen LogP contribution >= 0.6 is 0 Å². The molecule has 1 atom stereocenters. The van der Waals surface area contributed by atoms with Gasteiger partial charge in [0, 0.05) is 36.9 Å². The summed E-state index contributed by atoms with van der Waals surface area (Å²) in [5, 5.41) is 18.1. The van der Waals surface area contributed by atoms with Gasteiger partial charge in [-0.2, -0.15) is 5.10 Å². The molecular weight excluding hydrogens is 254 g/mol. The molecule has 0 fully saturated rings. The fourth-order valence-electron chi connectivity index (χ4n) is 2.12. The van der Waals surface area contributed by atoms with Gasteiger partial charge in [0.2, 0.25) is 0 Å². The van der Waals surface area contributed by atoms with Crippen molar-refractivity contribution in [2.45, 2.75) is 32.7 Å². The van der Waals surface area contributed by atoms with Crippen molar-refractivity contribution < 1.29 is 9.90 Å². The molecule has 5 heteroatoms. The van der Waals surface area contributed by atoms with E-state index >= 15 is 0 Å². The van der Waals surface area contributed by atoms with Gasteiger partial charge in [-0.1, -0.05) is 0 Å². The van der Waals surface area contributed by atoms with Crippen LogP contribution in [0.4, 0.5) is 5.69 Å². The van der Waals surface area contributed by atoms with Crippen LogP contribution < -0.4 is 10.3 Å². The number of amides is 1. The largest absolute Gasteiger partial charge is 0.396 e. The summed E-state index contributed by atoms with van der Waals surface area (Å²) < 4.78 is 0. The number of anilines is 1. The molecule has 2 rings (SSSR count). The highest BCUT2D eigenvalue weighted by atomic mass is 16.3. The number of carbonyl (C=O) groups is 1. The Morgan fingerprint density at radius 2 is 2.15 bits per heavy atom. The summed E-state index contributed by atoms with van der Waals surface area (Å²) in [4.78, 5) is 12.0. The van der Waals surface area contributed by atoms with Crippen LogP contribution in [0.5, 0.6) is 0 Å². The van der Waals surface area contributed by atoms with Crippen LogP contribution in [0.1, 0.15) is 37.0 Å². The zero-order chi connectivity index (χ0) is 14.5. The molecule has 1 amide bonds. The minimum Gasteiger partial charge on any atom is -0.396 e. The number of hydrazone groups is 1. The highest BCUT2D eigenvalue weighted by Gasteiger charge is 2.14. The van der Waals surface area contributed by atoms with Crippen LogP contribution in [0.15, 0.2) is 29.4 Å². The first kappa shape index (κ1) is 14.5. The maximum atomic E-state index is 12.0. The highest BCUT2D eigenvalue weighted by molar-refractivity contribution is 5.94. The summed E-state index contributed by atoms with van der Waals surface area (Å²) in [6.45, 7) is 4.87. The Morgan fingerprint density at radius 1 is 1.45 bits per heavy atom. The Labute approximate surface area is 119 Å². The molecule has 5 nitrogen and oxygen atoms in total. The second-order valence-electron chi connectivity index (χ2n) is 5.14. The number of benzene rings is 1. The van der Waals surface area contributed by atoms with Crippen molar-refractivity contribution in [1.29, 1.82) is 0 Å². The van der Waals surface area contributed by atoms with E-state index in [0.717, 1.165) is 24.4 Å². The van der Waals surface area contributed by atoms with E-state index in [1.54, 1.807) is 12.1 Å². The van der Waals surface area contributed by atoms with Gasteiger partial charge < -0.3 is 10.4 Å². The van der Waals surface area contributed by atoms with Crippen molar-refractivity contribution in [3.05, 3.63) is 29.8 Å². The van der Waals surface area contributed by atoms with Crippen molar-refractivity contribution in [2.75, 3.05) is 18.2 Å². The van der Waals surface area contributed by atoms with E-state index in [4.69, 9.17) is 5.11 Å². The number of nitrogens with one attached hydrogen (secondary N) is 1. The molecule has 1 aliphatic heterocycles. The maximum absolute atomic E-state index is 12.0. The molecule has 0 bridgehead atoms. The summed E-state index contributed by atoms with van der Waals surface area (Å²) >= 11 is 0. The third-order valence-electron chi connectivity index (χ3n) is 3.34. The molecule has 20 heavy (non-hydrogen) atoms. The van der Waals surface area contributed by atoms with Gasteiger partial charge in [0.15, 0.2) is 0 Å². The highest BCUT2D eigenvalue weighted by Crippen LogP contribution is 2.19. The Hall–Kier alpha value is -1.88. The smallest absolute Gasteiger partial charge is 0.251 e. The van der Waals surface area contributed by atoms with Crippen LogP contribution in [0.25, 0.3) is 0 Å². The second-order valence-corrected chi connectivity index (χ2v) is 5.14. The van der Waals surface area contributed by atoms with Gasteiger partial charge in [-0.05, 0) is 44.5 Å². The Kier molecular flexibility index (Phi) is 4.74. The number of aliphatic hydroxyl groups is 1. The molecule has 108 valence electrons. The summed E-state index contributed by atoms with van der Waals surface area (Å²) in [6.07, 6.45) is 1.55. The molecule has 1 aromatic rings.